The van der Waals surface area contributed by atoms with Crippen LogP contribution in [-0.4, -0.2) is 29.3 Å². The van der Waals surface area contributed by atoms with E-state index in [1.807, 2.05) is 6.92 Å². The Hall–Kier alpha value is -2.75. The average Bonchev–Trinajstić information content (AvgIpc) is 2.73. The molecule has 0 atom stereocenters. The fourth-order valence-corrected chi connectivity index (χ4v) is 2.95. The van der Waals surface area contributed by atoms with Crippen LogP contribution in [0.3, 0.4) is 0 Å². The maximum absolute atomic E-state index is 12.2. The third-order valence-corrected chi connectivity index (χ3v) is 4.84. The van der Waals surface area contributed by atoms with Gasteiger partial charge in [0.2, 0.25) is 0 Å². The van der Waals surface area contributed by atoms with Crippen LogP contribution >= 0.6 is 0 Å². The summed E-state index contributed by atoms with van der Waals surface area (Å²) in [5.41, 5.74) is 2.37. The van der Waals surface area contributed by atoms with Crippen molar-refractivity contribution in [1.82, 2.24) is 14.6 Å². The Balaban J connectivity index is 2.27. The van der Waals surface area contributed by atoms with Crippen molar-refractivity contribution in [3.8, 4) is 0 Å². The number of benzene rings is 1. The predicted molar refractivity (Wildman–Crippen MR) is 88.4 cm³/mol. The van der Waals surface area contributed by atoms with E-state index in [0.717, 1.165) is 11.8 Å². The fourth-order valence-electron chi connectivity index (χ4n) is 2.14. The number of hydrogen-bond donors (Lipinski definition) is 1. The minimum absolute atomic E-state index is 0.225. The number of hydrazone groups is 1. The highest BCUT2D eigenvalue weighted by atomic mass is 32.2. The highest BCUT2D eigenvalue weighted by molar-refractivity contribution is 7.89. The van der Waals surface area contributed by atoms with E-state index in [2.05, 4.69) is 15.0 Å². The van der Waals surface area contributed by atoms with Crippen molar-refractivity contribution in [1.29, 1.82) is 0 Å². The summed E-state index contributed by atoms with van der Waals surface area (Å²) in [5.74, 6) is 0. The average molecular weight is 351 g/mol. The molecule has 24 heavy (non-hydrogen) atoms. The third-order valence-electron chi connectivity index (χ3n) is 3.62. The van der Waals surface area contributed by atoms with Crippen molar-refractivity contribution < 1.29 is 13.3 Å². The topological polar surface area (TPSA) is 119 Å². The van der Waals surface area contributed by atoms with Gasteiger partial charge in [0, 0.05) is 29.9 Å². The second-order valence-corrected chi connectivity index (χ2v) is 6.93. The molecule has 1 heterocycles. The Morgan fingerprint density at radius 3 is 2.54 bits per heavy atom. The Kier molecular flexibility index (Phi) is 4.69. The maximum Gasteiger partial charge on any atom is 0.276 e. The number of nitrogens with one attached hydrogen (secondary N) is 1. The molecule has 0 radical (unpaired) electrons. The summed E-state index contributed by atoms with van der Waals surface area (Å²) in [5, 5.41) is 18.9. The number of sulfonamides is 1. The van der Waals surface area contributed by atoms with Crippen molar-refractivity contribution in [3.05, 3.63) is 50.8 Å². The van der Waals surface area contributed by atoms with Gasteiger partial charge >= 0.3 is 0 Å². The van der Waals surface area contributed by atoms with Crippen molar-refractivity contribution in [2.24, 2.45) is 12.1 Å². The van der Waals surface area contributed by atoms with Gasteiger partial charge in [-0.3, -0.25) is 14.8 Å². The molecule has 0 aliphatic rings. The zero-order valence-corrected chi connectivity index (χ0v) is 14.5. The lowest BCUT2D eigenvalue weighted by atomic mass is 10.2. The SMILES string of the molecule is Cc1ccc(S(=O)(=O)N/N=C\c2c(C)nn(C)c2C)cc1[N+](=O)[O-]. The van der Waals surface area contributed by atoms with Crippen LogP contribution in [0.15, 0.2) is 28.2 Å². The van der Waals surface area contributed by atoms with Crippen LogP contribution in [0.5, 0.6) is 0 Å². The predicted octanol–water partition coefficient (Wildman–Crippen LogP) is 1.57. The summed E-state index contributed by atoms with van der Waals surface area (Å²) in [6.45, 7) is 5.15. The van der Waals surface area contributed by atoms with Crippen LogP contribution in [0, 0.1) is 30.9 Å². The number of nitro groups is 1. The first-order valence-electron chi connectivity index (χ1n) is 6.93. The molecule has 2 rings (SSSR count). The summed E-state index contributed by atoms with van der Waals surface area (Å²) in [6.07, 6.45) is 1.36. The van der Waals surface area contributed by atoms with E-state index in [4.69, 9.17) is 0 Å². The molecule has 0 bridgehead atoms. The van der Waals surface area contributed by atoms with Gasteiger partial charge in [0.1, 0.15) is 0 Å². The van der Waals surface area contributed by atoms with E-state index in [-0.39, 0.29) is 10.6 Å². The van der Waals surface area contributed by atoms with Gasteiger partial charge in [-0.25, -0.2) is 4.83 Å². The zero-order valence-electron chi connectivity index (χ0n) is 13.6. The molecule has 0 fully saturated rings. The van der Waals surface area contributed by atoms with E-state index in [0.29, 0.717) is 16.8 Å². The van der Waals surface area contributed by atoms with Crippen LogP contribution < -0.4 is 4.83 Å². The van der Waals surface area contributed by atoms with E-state index in [1.54, 1.807) is 18.7 Å². The van der Waals surface area contributed by atoms with Crippen molar-refractivity contribution in [2.75, 3.05) is 0 Å². The second-order valence-electron chi connectivity index (χ2n) is 5.27. The van der Waals surface area contributed by atoms with Gasteiger partial charge in [-0.05, 0) is 26.8 Å². The Morgan fingerprint density at radius 1 is 1.33 bits per heavy atom. The number of hydrogen-bond acceptors (Lipinski definition) is 6. The van der Waals surface area contributed by atoms with Gasteiger partial charge in [0.05, 0.1) is 21.7 Å². The molecule has 128 valence electrons. The summed E-state index contributed by atoms with van der Waals surface area (Å²) >= 11 is 0. The van der Waals surface area contributed by atoms with Gasteiger partial charge in [0.25, 0.3) is 15.7 Å². The summed E-state index contributed by atoms with van der Waals surface area (Å²) in [7, 11) is -2.23. The molecule has 9 nitrogen and oxygen atoms in total. The molecule has 10 heteroatoms. The minimum atomic E-state index is -4.00. The molecule has 0 saturated heterocycles. The normalized spacial score (nSPS) is 11.8. The number of nitro benzene ring substituents is 1. The lowest BCUT2D eigenvalue weighted by molar-refractivity contribution is -0.385. The molecule has 0 amide bonds. The Morgan fingerprint density at radius 2 is 2.00 bits per heavy atom. The number of nitrogens with zero attached hydrogens (tertiary/aromatic N) is 4. The molecule has 1 aromatic carbocycles. The number of aromatic nitrogens is 2. The molecular formula is C14H17N5O4S. The molecule has 1 aromatic heterocycles. The molecular weight excluding hydrogens is 334 g/mol. The van der Waals surface area contributed by atoms with Crippen LogP contribution in [0.4, 0.5) is 5.69 Å². The lowest BCUT2D eigenvalue weighted by Crippen LogP contribution is -2.18. The summed E-state index contributed by atoms with van der Waals surface area (Å²) in [6, 6.07) is 3.68. The van der Waals surface area contributed by atoms with Crippen LogP contribution in [-0.2, 0) is 17.1 Å². The minimum Gasteiger partial charge on any atom is -0.272 e. The zero-order chi connectivity index (χ0) is 18.1. The lowest BCUT2D eigenvalue weighted by Gasteiger charge is -2.04. The standard InChI is InChI=1S/C14H17N5O4S/c1-9-5-6-12(7-14(9)19(20)21)24(22,23)17-15-8-13-10(2)16-18(4)11(13)3/h5-8,17H,1-4H3/b15-8-. The molecule has 0 spiro atoms. The first-order chi connectivity index (χ1) is 11.1. The maximum atomic E-state index is 12.2. The van der Waals surface area contributed by atoms with E-state index >= 15 is 0 Å². The van der Waals surface area contributed by atoms with Gasteiger partial charge in [-0.1, -0.05) is 6.07 Å². The van der Waals surface area contributed by atoms with Gasteiger partial charge < -0.3 is 0 Å². The molecule has 0 aliphatic heterocycles. The van der Waals surface area contributed by atoms with E-state index < -0.39 is 14.9 Å². The van der Waals surface area contributed by atoms with E-state index in [9.17, 15) is 18.5 Å². The smallest absolute Gasteiger partial charge is 0.272 e. The summed E-state index contributed by atoms with van der Waals surface area (Å²) in [4.78, 5) is 12.1. The Labute approximate surface area is 139 Å². The van der Waals surface area contributed by atoms with Gasteiger partial charge in [0.15, 0.2) is 0 Å². The van der Waals surface area contributed by atoms with Gasteiger partial charge in [-0.15, -0.1) is 0 Å². The third kappa shape index (κ3) is 3.43. The summed E-state index contributed by atoms with van der Waals surface area (Å²) < 4.78 is 26.1. The van der Waals surface area contributed by atoms with Crippen LogP contribution in [0.25, 0.3) is 0 Å². The van der Waals surface area contributed by atoms with Crippen LogP contribution in [0.2, 0.25) is 0 Å². The van der Waals surface area contributed by atoms with Crippen molar-refractivity contribution in [3.63, 3.8) is 0 Å². The van der Waals surface area contributed by atoms with Gasteiger partial charge in [-0.2, -0.15) is 18.6 Å². The molecule has 0 saturated carbocycles. The molecule has 2 aromatic rings. The molecule has 1 N–H and O–H groups in total. The molecule has 0 unspecified atom stereocenters. The quantitative estimate of drug-likeness (QED) is 0.498. The van der Waals surface area contributed by atoms with Crippen LogP contribution in [0.1, 0.15) is 22.5 Å². The second kappa shape index (κ2) is 6.40. The number of aryl methyl sites for hydroxylation is 3. The molecule has 0 aliphatic carbocycles. The monoisotopic (exact) mass is 351 g/mol. The van der Waals surface area contributed by atoms with E-state index in [1.165, 1.54) is 25.3 Å². The Bertz CT molecular complexity index is 931. The van der Waals surface area contributed by atoms with Crippen molar-refractivity contribution in [2.45, 2.75) is 25.7 Å². The highest BCUT2D eigenvalue weighted by Gasteiger charge is 2.19. The van der Waals surface area contributed by atoms with Crippen molar-refractivity contribution >= 4 is 21.9 Å². The fraction of sp³-hybridized carbons (Fsp3) is 0.286. The first-order valence-corrected chi connectivity index (χ1v) is 8.42. The largest absolute Gasteiger partial charge is 0.276 e. The number of rotatable bonds is 5. The highest BCUT2D eigenvalue weighted by Crippen LogP contribution is 2.22. The first kappa shape index (κ1) is 17.6.